The van der Waals surface area contributed by atoms with Gasteiger partial charge in [0.1, 0.15) is 11.3 Å². The Morgan fingerprint density at radius 3 is 2.55 bits per heavy atom. The van der Waals surface area contributed by atoms with Gasteiger partial charge < -0.3 is 20.0 Å². The highest BCUT2D eigenvalue weighted by molar-refractivity contribution is 5.96. The van der Waals surface area contributed by atoms with Crippen LogP contribution in [0.1, 0.15) is 41.1 Å². The van der Waals surface area contributed by atoms with Crippen LogP contribution in [-0.2, 0) is 13.0 Å². The maximum atomic E-state index is 12.8. The van der Waals surface area contributed by atoms with Crippen LogP contribution in [0.15, 0.2) is 46.9 Å². The molecule has 6 heteroatoms. The summed E-state index contributed by atoms with van der Waals surface area (Å²) in [6.45, 7) is 6.81. The second kappa shape index (κ2) is 8.82. The summed E-state index contributed by atoms with van der Waals surface area (Å²) in [5.74, 6) is 0.776. The number of amides is 3. The molecule has 3 aromatic rings. The molecule has 6 nitrogen and oxygen atoms in total. The molecule has 0 spiro atoms. The molecule has 3 rings (SSSR count). The van der Waals surface area contributed by atoms with Gasteiger partial charge in [-0.1, -0.05) is 25.1 Å². The number of anilines is 1. The fraction of sp³-hybridized carbons (Fsp3) is 0.304. The highest BCUT2D eigenvalue weighted by Gasteiger charge is 2.18. The molecule has 0 bridgehead atoms. The number of fused-ring (bicyclic) bond motifs is 1. The third kappa shape index (κ3) is 4.42. The number of hydrogen-bond donors (Lipinski definition) is 2. The Kier molecular flexibility index (Phi) is 6.22. The van der Waals surface area contributed by atoms with Crippen LogP contribution in [0.3, 0.4) is 0 Å². The fourth-order valence-electron chi connectivity index (χ4n) is 3.34. The largest absolute Gasteiger partial charge is 0.461 e. The van der Waals surface area contributed by atoms with Crippen molar-refractivity contribution in [3.63, 3.8) is 0 Å². The van der Waals surface area contributed by atoms with Crippen molar-refractivity contribution >= 4 is 28.6 Å². The smallest absolute Gasteiger partial charge is 0.321 e. The Balaban J connectivity index is 1.74. The average molecular weight is 393 g/mol. The molecule has 0 aliphatic carbocycles. The van der Waals surface area contributed by atoms with Gasteiger partial charge in [-0.05, 0) is 43.7 Å². The Bertz CT molecular complexity index is 1040. The van der Waals surface area contributed by atoms with Gasteiger partial charge in [0.2, 0.25) is 0 Å². The van der Waals surface area contributed by atoms with Crippen LogP contribution in [0.25, 0.3) is 11.0 Å². The van der Waals surface area contributed by atoms with Crippen LogP contribution >= 0.6 is 0 Å². The standard InChI is InChI=1S/C23H27N3O3/c1-5-20-18(17-9-7-8-10-21(17)29-20)14-26(4)23(28)25-19-12-11-16(13-15(19)3)22(27)24-6-2/h7-13H,5-6,14H2,1-4H3,(H,24,27)(H,25,28). The molecular formula is C23H27N3O3. The minimum Gasteiger partial charge on any atom is -0.461 e. The van der Waals surface area contributed by atoms with E-state index in [1.165, 1.54) is 0 Å². The second-order valence-corrected chi connectivity index (χ2v) is 7.03. The van der Waals surface area contributed by atoms with Crippen LogP contribution in [0.4, 0.5) is 10.5 Å². The number of furan rings is 1. The minimum atomic E-state index is -0.216. The number of aryl methyl sites for hydroxylation is 2. The molecule has 0 saturated heterocycles. The van der Waals surface area contributed by atoms with E-state index in [-0.39, 0.29) is 11.9 Å². The van der Waals surface area contributed by atoms with Crippen LogP contribution in [0, 0.1) is 6.92 Å². The third-order valence-electron chi connectivity index (χ3n) is 4.91. The van der Waals surface area contributed by atoms with Gasteiger partial charge in [-0.15, -0.1) is 0 Å². The zero-order chi connectivity index (χ0) is 21.0. The van der Waals surface area contributed by atoms with E-state index in [1.54, 1.807) is 30.1 Å². The molecule has 0 saturated carbocycles. The van der Waals surface area contributed by atoms with Gasteiger partial charge in [0.05, 0.1) is 6.54 Å². The van der Waals surface area contributed by atoms with Crippen molar-refractivity contribution in [3.05, 3.63) is 64.9 Å². The van der Waals surface area contributed by atoms with Crippen molar-refractivity contribution in [3.8, 4) is 0 Å². The number of rotatable bonds is 6. The SMILES string of the molecule is CCNC(=O)c1ccc(NC(=O)N(C)Cc2c(CC)oc3ccccc23)c(C)c1. The molecule has 0 fully saturated rings. The summed E-state index contributed by atoms with van der Waals surface area (Å²) >= 11 is 0. The van der Waals surface area contributed by atoms with E-state index in [9.17, 15) is 9.59 Å². The van der Waals surface area contributed by atoms with Crippen molar-refractivity contribution < 1.29 is 14.0 Å². The van der Waals surface area contributed by atoms with Gasteiger partial charge in [-0.3, -0.25) is 4.79 Å². The normalized spacial score (nSPS) is 10.8. The zero-order valence-electron chi connectivity index (χ0n) is 17.3. The number of nitrogens with one attached hydrogen (secondary N) is 2. The molecule has 1 heterocycles. The molecule has 0 radical (unpaired) electrons. The van der Waals surface area contributed by atoms with Crippen LogP contribution < -0.4 is 10.6 Å². The first-order valence-corrected chi connectivity index (χ1v) is 9.84. The van der Waals surface area contributed by atoms with Gasteiger partial charge in [0.15, 0.2) is 0 Å². The molecule has 0 aliphatic heterocycles. The van der Waals surface area contributed by atoms with Crippen molar-refractivity contribution in [1.82, 2.24) is 10.2 Å². The molecule has 0 aliphatic rings. The molecule has 0 atom stereocenters. The molecule has 0 unspecified atom stereocenters. The topological polar surface area (TPSA) is 74.6 Å². The molecule has 2 aromatic carbocycles. The first-order valence-electron chi connectivity index (χ1n) is 9.84. The lowest BCUT2D eigenvalue weighted by atomic mass is 10.1. The Morgan fingerprint density at radius 2 is 1.86 bits per heavy atom. The monoisotopic (exact) mass is 393 g/mol. The van der Waals surface area contributed by atoms with Crippen molar-refractivity contribution in [2.75, 3.05) is 18.9 Å². The number of hydrogen-bond acceptors (Lipinski definition) is 3. The van der Waals surface area contributed by atoms with Crippen LogP contribution in [0.5, 0.6) is 0 Å². The summed E-state index contributed by atoms with van der Waals surface area (Å²) in [7, 11) is 1.76. The van der Waals surface area contributed by atoms with E-state index in [4.69, 9.17) is 4.42 Å². The third-order valence-corrected chi connectivity index (χ3v) is 4.91. The van der Waals surface area contributed by atoms with Crippen molar-refractivity contribution in [1.29, 1.82) is 0 Å². The number of para-hydroxylation sites is 1. The van der Waals surface area contributed by atoms with Gasteiger partial charge in [0.25, 0.3) is 5.91 Å². The summed E-state index contributed by atoms with van der Waals surface area (Å²) in [4.78, 5) is 26.4. The molecule has 3 amide bonds. The lowest BCUT2D eigenvalue weighted by Crippen LogP contribution is -2.31. The summed E-state index contributed by atoms with van der Waals surface area (Å²) in [5, 5.41) is 6.74. The first kappa shape index (κ1) is 20.5. The minimum absolute atomic E-state index is 0.121. The number of carbonyl (C=O) groups excluding carboxylic acids is 2. The zero-order valence-corrected chi connectivity index (χ0v) is 17.3. The maximum absolute atomic E-state index is 12.8. The molecular weight excluding hydrogens is 366 g/mol. The van der Waals surface area contributed by atoms with E-state index in [0.717, 1.165) is 34.3 Å². The van der Waals surface area contributed by atoms with Gasteiger partial charge in [-0.25, -0.2) is 4.79 Å². The number of carbonyl (C=O) groups is 2. The Morgan fingerprint density at radius 1 is 1.10 bits per heavy atom. The quantitative estimate of drug-likeness (QED) is 0.636. The highest BCUT2D eigenvalue weighted by Crippen LogP contribution is 2.27. The molecule has 1 aromatic heterocycles. The van der Waals surface area contributed by atoms with E-state index in [2.05, 4.69) is 10.6 Å². The summed E-state index contributed by atoms with van der Waals surface area (Å²) in [5.41, 5.74) is 3.96. The van der Waals surface area contributed by atoms with Crippen molar-refractivity contribution in [2.45, 2.75) is 33.7 Å². The Labute approximate surface area is 170 Å². The van der Waals surface area contributed by atoms with E-state index in [1.807, 2.05) is 45.0 Å². The summed E-state index contributed by atoms with van der Waals surface area (Å²) in [6.07, 6.45) is 0.764. The summed E-state index contributed by atoms with van der Waals surface area (Å²) in [6, 6.07) is 12.9. The van der Waals surface area contributed by atoms with Gasteiger partial charge in [0, 0.05) is 42.2 Å². The molecule has 29 heavy (non-hydrogen) atoms. The van der Waals surface area contributed by atoms with Crippen LogP contribution in [0.2, 0.25) is 0 Å². The van der Waals surface area contributed by atoms with E-state index in [0.29, 0.717) is 24.3 Å². The van der Waals surface area contributed by atoms with Gasteiger partial charge in [-0.2, -0.15) is 0 Å². The average Bonchev–Trinajstić information content (AvgIpc) is 3.07. The van der Waals surface area contributed by atoms with Crippen molar-refractivity contribution in [2.24, 2.45) is 0 Å². The predicted molar refractivity (Wildman–Crippen MR) is 115 cm³/mol. The summed E-state index contributed by atoms with van der Waals surface area (Å²) < 4.78 is 5.93. The van der Waals surface area contributed by atoms with E-state index < -0.39 is 0 Å². The van der Waals surface area contributed by atoms with Gasteiger partial charge >= 0.3 is 6.03 Å². The number of benzene rings is 2. The predicted octanol–water partition coefficient (Wildman–Crippen LogP) is 4.72. The number of urea groups is 1. The molecule has 152 valence electrons. The first-order chi connectivity index (χ1) is 13.9. The van der Waals surface area contributed by atoms with Crippen LogP contribution in [-0.4, -0.2) is 30.4 Å². The maximum Gasteiger partial charge on any atom is 0.321 e. The lowest BCUT2D eigenvalue weighted by Gasteiger charge is -2.19. The second-order valence-electron chi connectivity index (χ2n) is 7.03. The Hall–Kier alpha value is -3.28. The number of nitrogens with zero attached hydrogens (tertiary/aromatic N) is 1. The lowest BCUT2D eigenvalue weighted by molar-refractivity contribution is 0.0955. The highest BCUT2D eigenvalue weighted by atomic mass is 16.3. The van der Waals surface area contributed by atoms with E-state index >= 15 is 0 Å². The molecule has 2 N–H and O–H groups in total. The fourth-order valence-corrected chi connectivity index (χ4v) is 3.34.